The van der Waals surface area contributed by atoms with Crippen LogP contribution in [-0.4, -0.2) is 21.2 Å². The molecule has 0 saturated heterocycles. The average Bonchev–Trinajstić information content (AvgIpc) is 3.24. The van der Waals surface area contributed by atoms with E-state index in [-0.39, 0.29) is 0 Å². The summed E-state index contributed by atoms with van der Waals surface area (Å²) in [6, 6.07) is 10.5. The van der Waals surface area contributed by atoms with E-state index in [0.717, 1.165) is 27.1 Å². The number of rotatable bonds is 5. The number of benzene rings is 1. The number of hydrogen-bond acceptors (Lipinski definition) is 5. The van der Waals surface area contributed by atoms with Gasteiger partial charge in [0.15, 0.2) is 5.82 Å². The van der Waals surface area contributed by atoms with Crippen molar-refractivity contribution in [3.63, 3.8) is 0 Å². The minimum Gasteiger partial charge on any atom is -0.358 e. The minimum absolute atomic E-state index is 0.384. The van der Waals surface area contributed by atoms with Crippen molar-refractivity contribution in [2.75, 3.05) is 5.43 Å². The highest BCUT2D eigenvalue weighted by molar-refractivity contribution is 7.18. The van der Waals surface area contributed by atoms with E-state index in [1.54, 1.807) is 17.7 Å². The first kappa shape index (κ1) is 17.7. The Bertz CT molecular complexity index is 1120. The van der Waals surface area contributed by atoms with Gasteiger partial charge in [-0.15, -0.1) is 11.3 Å². The summed E-state index contributed by atoms with van der Waals surface area (Å²) in [4.78, 5) is 14.6. The number of fused-ring (bicyclic) bond motifs is 2. The first-order valence-electron chi connectivity index (χ1n) is 9.18. The van der Waals surface area contributed by atoms with Crippen LogP contribution in [0.4, 0.5) is 5.82 Å². The Morgan fingerprint density at radius 3 is 2.67 bits per heavy atom. The van der Waals surface area contributed by atoms with Crippen molar-refractivity contribution < 1.29 is 0 Å². The number of nitrogens with zero attached hydrogens (tertiary/aromatic N) is 3. The number of aromatic amines is 1. The third kappa shape index (κ3) is 3.32. The van der Waals surface area contributed by atoms with Crippen LogP contribution in [0, 0.1) is 0 Å². The Hall–Kier alpha value is -2.73. The zero-order valence-corrected chi connectivity index (χ0v) is 16.8. The summed E-state index contributed by atoms with van der Waals surface area (Å²) in [6.45, 7) is 8.74. The number of anilines is 1. The Balaban J connectivity index is 1.68. The third-order valence-electron chi connectivity index (χ3n) is 4.64. The number of hydrazone groups is 1. The summed E-state index contributed by atoms with van der Waals surface area (Å²) in [5.74, 6) is 1.60. The first-order valence-corrected chi connectivity index (χ1v) is 10.0. The summed E-state index contributed by atoms with van der Waals surface area (Å²) in [5.41, 5.74) is 6.56. The predicted octanol–water partition coefficient (Wildman–Crippen LogP) is 5.87. The summed E-state index contributed by atoms with van der Waals surface area (Å²) >= 11 is 1.71. The summed E-state index contributed by atoms with van der Waals surface area (Å²) in [6.07, 6.45) is 3.48. The van der Waals surface area contributed by atoms with Crippen LogP contribution in [0.3, 0.4) is 0 Å². The molecule has 1 aromatic carbocycles. The number of nitrogens with one attached hydrogen (secondary N) is 2. The Labute approximate surface area is 162 Å². The molecule has 0 fully saturated rings. The largest absolute Gasteiger partial charge is 0.358 e. The second-order valence-electron chi connectivity index (χ2n) is 7.27. The maximum Gasteiger partial charge on any atom is 0.158 e. The number of para-hydroxylation sites is 1. The normalized spacial score (nSPS) is 12.2. The topological polar surface area (TPSA) is 66.0 Å². The Morgan fingerprint density at radius 2 is 1.89 bits per heavy atom. The van der Waals surface area contributed by atoms with Gasteiger partial charge in [-0.1, -0.05) is 45.9 Å². The fourth-order valence-electron chi connectivity index (χ4n) is 3.18. The zero-order valence-electron chi connectivity index (χ0n) is 15.9. The molecule has 0 atom stereocenters. The average molecular weight is 378 g/mol. The lowest BCUT2D eigenvalue weighted by Gasteiger charge is -2.04. The molecule has 6 heteroatoms. The molecule has 4 rings (SSSR count). The lowest BCUT2D eigenvalue weighted by Crippen LogP contribution is -1.97. The predicted molar refractivity (Wildman–Crippen MR) is 115 cm³/mol. The van der Waals surface area contributed by atoms with Crippen molar-refractivity contribution in [1.29, 1.82) is 0 Å². The molecule has 0 spiro atoms. The molecule has 5 nitrogen and oxygen atoms in total. The van der Waals surface area contributed by atoms with E-state index in [0.29, 0.717) is 11.8 Å². The Kier molecular flexibility index (Phi) is 4.66. The van der Waals surface area contributed by atoms with Gasteiger partial charge in [-0.25, -0.2) is 9.97 Å². The van der Waals surface area contributed by atoms with Gasteiger partial charge < -0.3 is 4.98 Å². The van der Waals surface area contributed by atoms with E-state index < -0.39 is 0 Å². The van der Waals surface area contributed by atoms with Crippen LogP contribution in [0.25, 0.3) is 21.1 Å². The van der Waals surface area contributed by atoms with Crippen molar-refractivity contribution in [1.82, 2.24) is 15.0 Å². The van der Waals surface area contributed by atoms with Crippen molar-refractivity contribution >= 4 is 44.5 Å². The van der Waals surface area contributed by atoms with Crippen molar-refractivity contribution in [3.8, 4) is 0 Å². The molecule has 0 aliphatic carbocycles. The molecule has 2 N–H and O–H groups in total. The summed E-state index contributed by atoms with van der Waals surface area (Å²) in [5, 5.41) is 6.70. The molecule has 0 bridgehead atoms. The fourth-order valence-corrected chi connectivity index (χ4v) is 4.19. The van der Waals surface area contributed by atoms with E-state index in [2.05, 4.69) is 77.4 Å². The second kappa shape index (κ2) is 7.12. The molecular weight excluding hydrogens is 354 g/mol. The SMILES string of the molecule is CC(C)c1cc2c(NN=Cc3c(C(C)C)[nH]c4ccccc34)ncnc2s1. The lowest BCUT2D eigenvalue weighted by atomic mass is 10.0. The number of H-pyrrole nitrogens is 1. The van der Waals surface area contributed by atoms with E-state index in [1.165, 1.54) is 16.0 Å². The lowest BCUT2D eigenvalue weighted by molar-refractivity contribution is 0.835. The summed E-state index contributed by atoms with van der Waals surface area (Å²) in [7, 11) is 0. The number of aromatic nitrogens is 3. The van der Waals surface area contributed by atoms with Gasteiger partial charge in [0.2, 0.25) is 0 Å². The van der Waals surface area contributed by atoms with Gasteiger partial charge >= 0.3 is 0 Å². The third-order valence-corrected chi connectivity index (χ3v) is 5.98. The molecule has 0 aliphatic heterocycles. The van der Waals surface area contributed by atoms with Crippen LogP contribution >= 0.6 is 11.3 Å². The van der Waals surface area contributed by atoms with Crippen LogP contribution in [0.2, 0.25) is 0 Å². The molecule has 0 radical (unpaired) electrons. The van der Waals surface area contributed by atoms with Crippen molar-refractivity contribution in [3.05, 3.63) is 52.8 Å². The van der Waals surface area contributed by atoms with Gasteiger partial charge in [0.25, 0.3) is 0 Å². The number of hydrogen-bond donors (Lipinski definition) is 2. The van der Waals surface area contributed by atoms with E-state index in [9.17, 15) is 0 Å². The molecule has 0 unspecified atom stereocenters. The van der Waals surface area contributed by atoms with E-state index in [4.69, 9.17) is 0 Å². The van der Waals surface area contributed by atoms with E-state index >= 15 is 0 Å². The molecule has 0 amide bonds. The van der Waals surface area contributed by atoms with Gasteiger partial charge in [-0.2, -0.15) is 5.10 Å². The summed E-state index contributed by atoms with van der Waals surface area (Å²) < 4.78 is 0. The minimum atomic E-state index is 0.384. The quantitative estimate of drug-likeness (QED) is 0.338. The van der Waals surface area contributed by atoms with Gasteiger partial charge in [0.05, 0.1) is 11.6 Å². The fraction of sp³-hybridized carbons (Fsp3) is 0.286. The van der Waals surface area contributed by atoms with Gasteiger partial charge in [0.1, 0.15) is 11.2 Å². The van der Waals surface area contributed by atoms with Gasteiger partial charge in [-0.3, -0.25) is 5.43 Å². The van der Waals surface area contributed by atoms with Crippen LogP contribution in [0.15, 0.2) is 41.8 Å². The smallest absolute Gasteiger partial charge is 0.158 e. The zero-order chi connectivity index (χ0) is 19.0. The van der Waals surface area contributed by atoms with Gasteiger partial charge in [-0.05, 0) is 24.0 Å². The van der Waals surface area contributed by atoms with Crippen LogP contribution < -0.4 is 5.43 Å². The monoisotopic (exact) mass is 377 g/mol. The molecule has 0 saturated carbocycles. The van der Waals surface area contributed by atoms with Crippen molar-refractivity contribution in [2.45, 2.75) is 39.5 Å². The maximum atomic E-state index is 4.50. The van der Waals surface area contributed by atoms with Crippen LogP contribution in [0.1, 0.15) is 55.7 Å². The molecular formula is C21H23N5S. The van der Waals surface area contributed by atoms with Crippen LogP contribution in [-0.2, 0) is 0 Å². The Morgan fingerprint density at radius 1 is 1.07 bits per heavy atom. The highest BCUT2D eigenvalue weighted by Crippen LogP contribution is 2.32. The van der Waals surface area contributed by atoms with Crippen molar-refractivity contribution in [2.24, 2.45) is 5.10 Å². The second-order valence-corrected chi connectivity index (χ2v) is 8.33. The van der Waals surface area contributed by atoms with Gasteiger partial charge in [0, 0.05) is 27.0 Å². The maximum absolute atomic E-state index is 4.50. The van der Waals surface area contributed by atoms with Crippen LogP contribution in [0.5, 0.6) is 0 Å². The highest BCUT2D eigenvalue weighted by atomic mass is 32.1. The molecule has 138 valence electrons. The highest BCUT2D eigenvalue weighted by Gasteiger charge is 2.13. The molecule has 3 aromatic heterocycles. The molecule has 27 heavy (non-hydrogen) atoms. The molecule has 0 aliphatic rings. The molecule has 3 heterocycles. The molecule has 4 aromatic rings. The standard InChI is InChI=1S/C21H23N5S/c1-12(2)18-9-15-20(22-11-23-21(15)27-18)26-24-10-16-14-7-5-6-8-17(14)25-19(16)13(3)4/h5-13,25H,1-4H3,(H,22,23,26). The van der Waals surface area contributed by atoms with E-state index in [1.807, 2.05) is 12.3 Å². The first-order chi connectivity index (χ1) is 13.0. The number of thiophene rings is 1.